The number of sulfonamides is 1. The molecule has 0 aliphatic rings. The van der Waals surface area contributed by atoms with Crippen LogP contribution >= 0.6 is 11.6 Å². The normalized spacial score (nSPS) is 10.8. The molecule has 21 heavy (non-hydrogen) atoms. The zero-order chi connectivity index (χ0) is 15.5. The Morgan fingerprint density at radius 2 is 2.24 bits per heavy atom. The molecule has 1 heterocycles. The fourth-order valence-corrected chi connectivity index (χ4v) is 2.82. The maximum atomic E-state index is 12.2. The zero-order valence-electron chi connectivity index (χ0n) is 11.0. The van der Waals surface area contributed by atoms with Gasteiger partial charge in [-0.25, -0.2) is 4.98 Å². The summed E-state index contributed by atoms with van der Waals surface area (Å²) in [7, 11) is -3.80. The van der Waals surface area contributed by atoms with Crippen LogP contribution < -0.4 is 4.72 Å². The molecular weight excluding hydrogens is 314 g/mol. The number of nitrogens with zero attached hydrogens (tertiary/aromatic N) is 1. The third-order valence-corrected chi connectivity index (χ3v) is 4.10. The number of benzene rings is 1. The van der Waals surface area contributed by atoms with E-state index in [1.165, 1.54) is 18.3 Å². The summed E-state index contributed by atoms with van der Waals surface area (Å²) >= 11 is 5.98. The van der Waals surface area contributed by atoms with E-state index in [-0.39, 0.29) is 22.3 Å². The van der Waals surface area contributed by atoms with E-state index in [1.54, 1.807) is 13.0 Å². The number of aromatic nitrogens is 2. The first-order chi connectivity index (χ1) is 9.92. The zero-order valence-corrected chi connectivity index (χ0v) is 12.6. The lowest BCUT2D eigenvalue weighted by Crippen LogP contribution is -2.13. The highest BCUT2D eigenvalue weighted by atomic mass is 35.5. The molecule has 6 nitrogen and oxygen atoms in total. The van der Waals surface area contributed by atoms with Crippen LogP contribution in [-0.4, -0.2) is 30.1 Å². The summed E-state index contributed by atoms with van der Waals surface area (Å²) in [6, 6.07) is 4.65. The van der Waals surface area contributed by atoms with E-state index in [0.717, 1.165) is 0 Å². The van der Waals surface area contributed by atoms with Gasteiger partial charge in [0.05, 0.1) is 16.9 Å². The molecule has 0 amide bonds. The molecule has 0 radical (unpaired) electrons. The topological polar surface area (TPSA) is 95.1 Å². The van der Waals surface area contributed by atoms with Crippen LogP contribution in [0.5, 0.6) is 0 Å². The van der Waals surface area contributed by atoms with Crippen molar-refractivity contribution in [3.63, 3.8) is 0 Å². The molecule has 110 valence electrons. The first kappa shape index (κ1) is 15.4. The third kappa shape index (κ3) is 3.76. The summed E-state index contributed by atoms with van der Waals surface area (Å²) in [5.41, 5.74) is 0.737. The number of hydrogen-bond donors (Lipinski definition) is 3. The van der Waals surface area contributed by atoms with Gasteiger partial charge in [0.15, 0.2) is 5.03 Å². The van der Waals surface area contributed by atoms with Crippen LogP contribution in [0.3, 0.4) is 0 Å². The number of aromatic amines is 1. The Morgan fingerprint density at radius 1 is 1.48 bits per heavy atom. The van der Waals surface area contributed by atoms with Crippen molar-refractivity contribution >= 4 is 27.3 Å². The Kier molecular flexibility index (Phi) is 4.53. The summed E-state index contributed by atoms with van der Waals surface area (Å²) in [6.45, 7) is 1.37. The van der Waals surface area contributed by atoms with Gasteiger partial charge >= 0.3 is 0 Å². The van der Waals surface area contributed by atoms with Crippen molar-refractivity contribution in [3.8, 4) is 11.8 Å². The summed E-state index contributed by atoms with van der Waals surface area (Å²) in [5, 5.41) is 8.85. The maximum Gasteiger partial charge on any atom is 0.279 e. The van der Waals surface area contributed by atoms with Crippen molar-refractivity contribution in [2.24, 2.45) is 0 Å². The van der Waals surface area contributed by atoms with Gasteiger partial charge in [0, 0.05) is 5.56 Å². The number of aryl methyl sites for hydroxylation is 1. The molecule has 1 aromatic carbocycles. The average molecular weight is 326 g/mol. The van der Waals surface area contributed by atoms with E-state index in [4.69, 9.17) is 16.7 Å². The van der Waals surface area contributed by atoms with Gasteiger partial charge in [-0.15, -0.1) is 0 Å². The highest BCUT2D eigenvalue weighted by molar-refractivity contribution is 7.92. The summed E-state index contributed by atoms with van der Waals surface area (Å²) in [4.78, 5) is 6.49. The van der Waals surface area contributed by atoms with Crippen LogP contribution in [0.15, 0.2) is 29.4 Å². The molecule has 1 aromatic heterocycles. The molecule has 3 N–H and O–H groups in total. The molecule has 0 saturated heterocycles. The Morgan fingerprint density at radius 3 is 2.86 bits per heavy atom. The molecule has 2 aromatic rings. The molecule has 2 rings (SSSR count). The van der Waals surface area contributed by atoms with Gasteiger partial charge in [0.25, 0.3) is 10.0 Å². The van der Waals surface area contributed by atoms with Gasteiger partial charge in [0.1, 0.15) is 12.4 Å². The average Bonchev–Trinajstić information content (AvgIpc) is 2.87. The molecule has 0 spiro atoms. The number of anilines is 1. The second-order valence-corrected chi connectivity index (χ2v) is 6.15. The van der Waals surface area contributed by atoms with Gasteiger partial charge in [-0.3, -0.25) is 4.72 Å². The minimum Gasteiger partial charge on any atom is -0.384 e. The quantitative estimate of drug-likeness (QED) is 0.746. The van der Waals surface area contributed by atoms with Crippen molar-refractivity contribution in [1.82, 2.24) is 9.97 Å². The van der Waals surface area contributed by atoms with Crippen LogP contribution in [0.25, 0.3) is 0 Å². The van der Waals surface area contributed by atoms with E-state index in [1.807, 2.05) is 0 Å². The SMILES string of the molecule is Cc1ncc(S(=O)(=O)Nc2cc(C#CCO)ccc2Cl)[nH]1. The van der Waals surface area contributed by atoms with Gasteiger partial charge in [-0.2, -0.15) is 8.42 Å². The van der Waals surface area contributed by atoms with Crippen LogP contribution in [0, 0.1) is 18.8 Å². The van der Waals surface area contributed by atoms with Gasteiger partial charge in [-0.1, -0.05) is 23.4 Å². The molecule has 0 unspecified atom stereocenters. The van der Waals surface area contributed by atoms with Crippen molar-refractivity contribution in [2.45, 2.75) is 11.9 Å². The summed E-state index contributed by atoms with van der Waals surface area (Å²) in [5.74, 6) is 5.65. The van der Waals surface area contributed by atoms with Gasteiger partial charge in [0.2, 0.25) is 0 Å². The van der Waals surface area contributed by atoms with Crippen LogP contribution in [0.2, 0.25) is 5.02 Å². The van der Waals surface area contributed by atoms with E-state index in [9.17, 15) is 8.42 Å². The molecular formula is C13H12ClN3O3S. The highest BCUT2D eigenvalue weighted by Gasteiger charge is 2.18. The summed E-state index contributed by atoms with van der Waals surface area (Å²) in [6.07, 6.45) is 1.22. The molecule has 8 heteroatoms. The number of imidazole rings is 1. The number of nitrogens with one attached hydrogen (secondary N) is 2. The fourth-order valence-electron chi connectivity index (χ4n) is 1.56. The minimum absolute atomic E-state index is 0.0529. The molecule has 0 bridgehead atoms. The van der Waals surface area contributed by atoms with Gasteiger partial charge in [-0.05, 0) is 25.1 Å². The Labute approximate surface area is 127 Å². The second kappa shape index (κ2) is 6.18. The summed E-state index contributed by atoms with van der Waals surface area (Å²) < 4.78 is 26.7. The van der Waals surface area contributed by atoms with Crippen LogP contribution in [-0.2, 0) is 10.0 Å². The van der Waals surface area contributed by atoms with Crippen molar-refractivity contribution in [1.29, 1.82) is 0 Å². The van der Waals surface area contributed by atoms with Crippen molar-refractivity contribution in [2.75, 3.05) is 11.3 Å². The molecule has 0 fully saturated rings. The molecule has 0 aliphatic carbocycles. The van der Waals surface area contributed by atoms with Crippen molar-refractivity contribution < 1.29 is 13.5 Å². The standard InChI is InChI=1S/C13H12ClN3O3S/c1-9-15-8-13(16-9)21(19,20)17-12-7-10(3-2-6-18)4-5-11(12)14/h4-5,7-8,17-18H,6H2,1H3,(H,15,16). The second-order valence-electron chi connectivity index (χ2n) is 4.09. The number of halogens is 1. The first-order valence-corrected chi connectivity index (χ1v) is 7.72. The largest absolute Gasteiger partial charge is 0.384 e. The minimum atomic E-state index is -3.80. The lowest BCUT2D eigenvalue weighted by atomic mass is 10.2. The monoisotopic (exact) mass is 325 g/mol. The van der Waals surface area contributed by atoms with Crippen molar-refractivity contribution in [3.05, 3.63) is 40.8 Å². The number of hydrogen-bond acceptors (Lipinski definition) is 4. The predicted octanol–water partition coefficient (Wildman–Crippen LogP) is 1.52. The predicted molar refractivity (Wildman–Crippen MR) is 79.5 cm³/mol. The van der Waals surface area contributed by atoms with E-state index in [0.29, 0.717) is 11.4 Å². The highest BCUT2D eigenvalue weighted by Crippen LogP contribution is 2.25. The molecule has 0 atom stereocenters. The first-order valence-electron chi connectivity index (χ1n) is 5.86. The Bertz CT molecular complexity index is 819. The molecule has 0 aliphatic heterocycles. The number of aliphatic hydroxyl groups is 1. The van der Waals surface area contributed by atoms with E-state index in [2.05, 4.69) is 26.5 Å². The smallest absolute Gasteiger partial charge is 0.279 e. The third-order valence-electron chi connectivity index (χ3n) is 2.49. The lowest BCUT2D eigenvalue weighted by molar-refractivity contribution is 0.350. The van der Waals surface area contributed by atoms with Crippen LogP contribution in [0.4, 0.5) is 5.69 Å². The Hall–Kier alpha value is -2.01. The van der Waals surface area contributed by atoms with E-state index < -0.39 is 10.0 Å². The Balaban J connectivity index is 2.34. The molecule has 0 saturated carbocycles. The van der Waals surface area contributed by atoms with Gasteiger partial charge < -0.3 is 10.1 Å². The van der Waals surface area contributed by atoms with E-state index >= 15 is 0 Å². The van der Waals surface area contributed by atoms with Crippen LogP contribution in [0.1, 0.15) is 11.4 Å². The maximum absolute atomic E-state index is 12.2. The fraction of sp³-hybridized carbons (Fsp3) is 0.154. The number of H-pyrrole nitrogens is 1. The number of rotatable bonds is 3. The number of aliphatic hydroxyl groups excluding tert-OH is 1. The lowest BCUT2D eigenvalue weighted by Gasteiger charge is -2.08.